The second kappa shape index (κ2) is 8.04. The number of pyridine rings is 1. The van der Waals surface area contributed by atoms with Crippen molar-refractivity contribution < 1.29 is 0 Å². The number of aromatic nitrogens is 6. The quantitative estimate of drug-likeness (QED) is 0.466. The Morgan fingerprint density at radius 3 is 2.79 bits per heavy atom. The van der Waals surface area contributed by atoms with E-state index in [2.05, 4.69) is 55.9 Å². The number of thioether (sulfide) groups is 2. The van der Waals surface area contributed by atoms with Crippen molar-refractivity contribution >= 4 is 23.5 Å². The van der Waals surface area contributed by atoms with Crippen LogP contribution in [0.4, 0.5) is 0 Å². The first-order valence-corrected chi connectivity index (χ1v) is 11.5. The van der Waals surface area contributed by atoms with Crippen LogP contribution in [-0.4, -0.2) is 41.2 Å². The summed E-state index contributed by atoms with van der Waals surface area (Å²) < 4.78 is 2.26. The van der Waals surface area contributed by atoms with Gasteiger partial charge in [0.1, 0.15) is 0 Å². The van der Waals surface area contributed by atoms with Crippen LogP contribution in [0.1, 0.15) is 23.0 Å². The monoisotopic (exact) mass is 420 g/mol. The van der Waals surface area contributed by atoms with Gasteiger partial charge >= 0.3 is 0 Å². The number of rotatable bonds is 6. The summed E-state index contributed by atoms with van der Waals surface area (Å²) in [6.45, 7) is 2.10. The largest absolute Gasteiger partial charge is 0.337 e. The molecule has 6 nitrogen and oxygen atoms in total. The number of nitrogens with one attached hydrogen (secondary N) is 1. The van der Waals surface area contributed by atoms with Crippen molar-refractivity contribution in [1.82, 2.24) is 29.7 Å². The van der Waals surface area contributed by atoms with E-state index in [1.165, 1.54) is 5.56 Å². The summed E-state index contributed by atoms with van der Waals surface area (Å²) in [7, 11) is 0. The fourth-order valence-corrected chi connectivity index (χ4v) is 5.69. The van der Waals surface area contributed by atoms with Crippen molar-refractivity contribution in [2.75, 3.05) is 11.5 Å². The van der Waals surface area contributed by atoms with Gasteiger partial charge in [-0.25, -0.2) is 4.98 Å². The molecule has 4 aromatic rings. The third kappa shape index (κ3) is 3.82. The molecule has 0 saturated carbocycles. The number of imidazole rings is 1. The average Bonchev–Trinajstić information content (AvgIpc) is 3.44. The number of benzene rings is 1. The Morgan fingerprint density at radius 1 is 1.14 bits per heavy atom. The highest BCUT2D eigenvalue weighted by atomic mass is 32.2. The zero-order valence-corrected chi connectivity index (χ0v) is 17.6. The zero-order valence-electron chi connectivity index (χ0n) is 15.9. The predicted octanol–water partition coefficient (Wildman–Crippen LogP) is 4.40. The number of hydrogen-bond acceptors (Lipinski definition) is 6. The number of hydrogen-bond donors (Lipinski definition) is 1. The summed E-state index contributed by atoms with van der Waals surface area (Å²) in [6.07, 6.45) is 4.44. The van der Waals surface area contributed by atoms with Crippen molar-refractivity contribution in [2.45, 2.75) is 29.7 Å². The zero-order chi connectivity index (χ0) is 19.6. The molecule has 1 aromatic carbocycles. The first kappa shape index (κ1) is 18.4. The van der Waals surface area contributed by atoms with Crippen LogP contribution in [-0.2, 0) is 6.42 Å². The average molecular weight is 421 g/mol. The van der Waals surface area contributed by atoms with Gasteiger partial charge in [0, 0.05) is 41.6 Å². The van der Waals surface area contributed by atoms with Gasteiger partial charge in [-0.15, -0.1) is 10.2 Å². The van der Waals surface area contributed by atoms with E-state index in [0.29, 0.717) is 6.04 Å². The molecule has 1 aliphatic rings. The third-order valence-corrected chi connectivity index (χ3v) is 7.07. The molecule has 5 rings (SSSR count). The van der Waals surface area contributed by atoms with E-state index in [4.69, 9.17) is 4.98 Å². The van der Waals surface area contributed by atoms with Gasteiger partial charge in [-0.2, -0.15) is 0 Å². The lowest BCUT2D eigenvalue weighted by Gasteiger charge is -2.13. The number of fused-ring (bicyclic) bond motifs is 1. The molecule has 1 atom stereocenters. The molecule has 1 aliphatic heterocycles. The standard InChI is InChI=1S/C21H20N6S2/c1-14-18(11-15-5-3-2-4-6-15)24-20(23-14)28-12-17-13-29-21-26-25-19(27(17)21)16-7-9-22-10-8-16/h2-10,17H,11-13H2,1H3,(H,23,24). The highest BCUT2D eigenvalue weighted by molar-refractivity contribution is 8.00. The van der Waals surface area contributed by atoms with E-state index >= 15 is 0 Å². The predicted molar refractivity (Wildman–Crippen MR) is 116 cm³/mol. The Kier molecular flexibility index (Phi) is 5.12. The van der Waals surface area contributed by atoms with Crippen LogP contribution >= 0.6 is 23.5 Å². The van der Waals surface area contributed by atoms with E-state index in [-0.39, 0.29) is 0 Å². The van der Waals surface area contributed by atoms with Crippen LogP contribution in [0.15, 0.2) is 65.2 Å². The molecule has 3 aromatic heterocycles. The van der Waals surface area contributed by atoms with Crippen LogP contribution in [0, 0.1) is 6.92 Å². The van der Waals surface area contributed by atoms with Gasteiger partial charge in [-0.3, -0.25) is 9.55 Å². The molecule has 0 spiro atoms. The van der Waals surface area contributed by atoms with Crippen LogP contribution in [0.25, 0.3) is 11.4 Å². The van der Waals surface area contributed by atoms with Gasteiger partial charge in [0.2, 0.25) is 0 Å². The number of aryl methyl sites for hydroxylation is 1. The minimum atomic E-state index is 0.334. The first-order chi connectivity index (χ1) is 14.3. The topological polar surface area (TPSA) is 72.3 Å². The molecule has 0 amide bonds. The summed E-state index contributed by atoms with van der Waals surface area (Å²) in [5.74, 6) is 2.85. The van der Waals surface area contributed by atoms with E-state index < -0.39 is 0 Å². The number of H-pyrrole nitrogens is 1. The minimum absolute atomic E-state index is 0.334. The lowest BCUT2D eigenvalue weighted by molar-refractivity contribution is 0.596. The molecule has 8 heteroatoms. The smallest absolute Gasteiger partial charge is 0.191 e. The second-order valence-electron chi connectivity index (χ2n) is 6.96. The third-order valence-electron chi connectivity index (χ3n) is 4.96. The first-order valence-electron chi connectivity index (χ1n) is 9.48. The maximum atomic E-state index is 4.84. The van der Waals surface area contributed by atoms with E-state index in [1.807, 2.05) is 18.2 Å². The summed E-state index contributed by atoms with van der Waals surface area (Å²) >= 11 is 3.53. The van der Waals surface area contributed by atoms with Crippen molar-refractivity contribution in [3.63, 3.8) is 0 Å². The Bertz CT molecular complexity index is 1110. The summed E-state index contributed by atoms with van der Waals surface area (Å²) in [4.78, 5) is 12.4. The van der Waals surface area contributed by atoms with Crippen molar-refractivity contribution in [3.05, 3.63) is 71.8 Å². The molecule has 0 bridgehead atoms. The maximum Gasteiger partial charge on any atom is 0.191 e. The minimum Gasteiger partial charge on any atom is -0.337 e. The van der Waals surface area contributed by atoms with Gasteiger partial charge in [-0.05, 0) is 24.6 Å². The molecule has 1 N–H and O–H groups in total. The van der Waals surface area contributed by atoms with Gasteiger partial charge in [0.15, 0.2) is 16.1 Å². The number of aromatic amines is 1. The Labute approximate surface area is 177 Å². The van der Waals surface area contributed by atoms with E-state index in [1.54, 1.807) is 35.9 Å². The summed E-state index contributed by atoms with van der Waals surface area (Å²) in [5, 5.41) is 10.7. The summed E-state index contributed by atoms with van der Waals surface area (Å²) in [6, 6.07) is 14.8. The SMILES string of the molecule is Cc1[nH]c(SCC2CSc3nnc(-c4ccncc4)n32)nc1Cc1ccccc1. The highest BCUT2D eigenvalue weighted by Crippen LogP contribution is 2.38. The molecule has 0 radical (unpaired) electrons. The normalized spacial score (nSPS) is 15.6. The van der Waals surface area contributed by atoms with Gasteiger partial charge in [-0.1, -0.05) is 53.9 Å². The van der Waals surface area contributed by atoms with Crippen LogP contribution < -0.4 is 0 Å². The van der Waals surface area contributed by atoms with Crippen molar-refractivity contribution in [2.24, 2.45) is 0 Å². The Morgan fingerprint density at radius 2 is 1.97 bits per heavy atom. The fourth-order valence-electron chi connectivity index (χ4n) is 3.44. The lowest BCUT2D eigenvalue weighted by atomic mass is 10.1. The van der Waals surface area contributed by atoms with Gasteiger partial charge in [0.25, 0.3) is 0 Å². The van der Waals surface area contributed by atoms with Gasteiger partial charge < -0.3 is 4.98 Å². The van der Waals surface area contributed by atoms with E-state index in [0.717, 1.165) is 51.0 Å². The molecule has 0 aliphatic carbocycles. The van der Waals surface area contributed by atoms with Crippen LogP contribution in [0.5, 0.6) is 0 Å². The Hall–Kier alpha value is -2.58. The molecule has 4 heterocycles. The molecule has 0 fully saturated rings. The molecule has 1 unspecified atom stereocenters. The molecular weight excluding hydrogens is 400 g/mol. The van der Waals surface area contributed by atoms with Crippen molar-refractivity contribution in [3.8, 4) is 11.4 Å². The maximum absolute atomic E-state index is 4.84. The van der Waals surface area contributed by atoms with E-state index in [9.17, 15) is 0 Å². The fraction of sp³-hybridized carbons (Fsp3) is 0.238. The highest BCUT2D eigenvalue weighted by Gasteiger charge is 2.28. The van der Waals surface area contributed by atoms with Gasteiger partial charge in [0.05, 0.1) is 11.7 Å². The Balaban J connectivity index is 1.30. The number of nitrogens with zero attached hydrogens (tertiary/aromatic N) is 5. The molecular formula is C21H20N6S2. The van der Waals surface area contributed by atoms with Crippen molar-refractivity contribution in [1.29, 1.82) is 0 Å². The summed E-state index contributed by atoms with van der Waals surface area (Å²) in [5.41, 5.74) is 4.58. The van der Waals surface area contributed by atoms with Crippen LogP contribution in [0.3, 0.4) is 0 Å². The second-order valence-corrected chi connectivity index (χ2v) is 8.96. The molecule has 29 heavy (non-hydrogen) atoms. The lowest BCUT2D eigenvalue weighted by Crippen LogP contribution is -2.11. The van der Waals surface area contributed by atoms with Crippen LogP contribution in [0.2, 0.25) is 0 Å². The molecule has 0 saturated heterocycles. The molecule has 146 valence electrons.